The zero-order valence-corrected chi connectivity index (χ0v) is 16.9. The van der Waals surface area contributed by atoms with Crippen LogP contribution in [0.5, 0.6) is 11.5 Å². The van der Waals surface area contributed by atoms with Crippen molar-refractivity contribution in [1.82, 2.24) is 4.98 Å². The zero-order valence-electron chi connectivity index (χ0n) is 16.1. The number of fused-ring (bicyclic) bond motifs is 1. The van der Waals surface area contributed by atoms with Crippen LogP contribution >= 0.6 is 11.3 Å². The van der Waals surface area contributed by atoms with Gasteiger partial charge in [-0.1, -0.05) is 12.1 Å². The smallest absolute Gasteiger partial charge is 0.339 e. The number of nitro groups is 1. The average Bonchev–Trinajstić information content (AvgIpc) is 3.42. The molecule has 158 valence electrons. The molecule has 0 fully saturated rings. The van der Waals surface area contributed by atoms with Crippen LogP contribution in [0.3, 0.4) is 0 Å². The Labute approximate surface area is 179 Å². The summed E-state index contributed by atoms with van der Waals surface area (Å²) >= 11 is 1.15. The maximum absolute atomic E-state index is 12.4. The van der Waals surface area contributed by atoms with Crippen LogP contribution in [0.15, 0.2) is 47.8 Å². The molecule has 1 aliphatic rings. The van der Waals surface area contributed by atoms with Gasteiger partial charge in [0.15, 0.2) is 22.7 Å². The molecule has 0 saturated carbocycles. The molecular formula is C20H15N3O7S. The molecule has 2 heterocycles. The Morgan fingerprint density at radius 3 is 2.84 bits per heavy atom. The summed E-state index contributed by atoms with van der Waals surface area (Å²) in [5.41, 5.74) is 1.20. The summed E-state index contributed by atoms with van der Waals surface area (Å²) in [6, 6.07) is 10.6. The molecule has 1 atom stereocenters. The molecule has 11 heteroatoms. The van der Waals surface area contributed by atoms with Gasteiger partial charge in [0.25, 0.3) is 11.6 Å². The number of amides is 1. The molecule has 1 aliphatic heterocycles. The minimum absolute atomic E-state index is 0.0554. The molecule has 0 aliphatic carbocycles. The van der Waals surface area contributed by atoms with E-state index in [-0.39, 0.29) is 23.2 Å². The van der Waals surface area contributed by atoms with Crippen molar-refractivity contribution >= 4 is 34.0 Å². The number of thiazole rings is 1. The van der Waals surface area contributed by atoms with Gasteiger partial charge in [-0.25, -0.2) is 9.78 Å². The summed E-state index contributed by atoms with van der Waals surface area (Å²) < 4.78 is 15.6. The fourth-order valence-corrected chi connectivity index (χ4v) is 3.48. The highest BCUT2D eigenvalue weighted by molar-refractivity contribution is 7.14. The molecule has 3 aromatic rings. The second kappa shape index (κ2) is 8.40. The van der Waals surface area contributed by atoms with Crippen molar-refractivity contribution in [3.8, 4) is 22.8 Å². The molecule has 0 radical (unpaired) electrons. The van der Waals surface area contributed by atoms with E-state index in [1.54, 1.807) is 23.6 Å². The topological polar surface area (TPSA) is 130 Å². The Bertz CT molecular complexity index is 1180. The van der Waals surface area contributed by atoms with E-state index in [0.717, 1.165) is 11.3 Å². The molecule has 1 amide bonds. The lowest BCUT2D eigenvalue weighted by atomic mass is 10.1. The van der Waals surface area contributed by atoms with Crippen molar-refractivity contribution in [3.63, 3.8) is 0 Å². The summed E-state index contributed by atoms with van der Waals surface area (Å²) in [5.74, 6) is -0.278. The fraction of sp³-hybridized carbons (Fsp3) is 0.150. The lowest BCUT2D eigenvalue weighted by molar-refractivity contribution is -0.384. The highest BCUT2D eigenvalue weighted by Gasteiger charge is 2.22. The van der Waals surface area contributed by atoms with Crippen molar-refractivity contribution in [3.05, 3.63) is 63.5 Å². The molecule has 0 unspecified atom stereocenters. The minimum Gasteiger partial charge on any atom is -0.454 e. The molecule has 2 aromatic carbocycles. The predicted molar refractivity (Wildman–Crippen MR) is 110 cm³/mol. The molecule has 0 spiro atoms. The van der Waals surface area contributed by atoms with Crippen LogP contribution in [0.25, 0.3) is 11.3 Å². The number of anilines is 1. The number of non-ortho nitro benzene ring substituents is 1. The van der Waals surface area contributed by atoms with Gasteiger partial charge in [0.1, 0.15) is 0 Å². The number of carbonyl (C=O) groups excluding carboxylic acids is 2. The highest BCUT2D eigenvalue weighted by atomic mass is 32.1. The van der Waals surface area contributed by atoms with Gasteiger partial charge in [-0.05, 0) is 25.1 Å². The Balaban J connectivity index is 1.39. The van der Waals surface area contributed by atoms with E-state index < -0.39 is 22.9 Å². The maximum atomic E-state index is 12.4. The number of hydrogen-bond acceptors (Lipinski definition) is 9. The number of nitrogens with one attached hydrogen (secondary N) is 1. The fourth-order valence-electron chi connectivity index (χ4n) is 2.76. The van der Waals surface area contributed by atoms with Crippen molar-refractivity contribution < 1.29 is 28.7 Å². The highest BCUT2D eigenvalue weighted by Crippen LogP contribution is 2.33. The summed E-state index contributed by atoms with van der Waals surface area (Å²) in [4.78, 5) is 39.4. The first kappa shape index (κ1) is 20.3. The number of benzene rings is 2. The van der Waals surface area contributed by atoms with Crippen LogP contribution in [-0.4, -0.2) is 34.7 Å². The second-order valence-corrected chi connectivity index (χ2v) is 7.31. The first-order valence-corrected chi connectivity index (χ1v) is 9.90. The Morgan fingerprint density at radius 1 is 1.23 bits per heavy atom. The quantitative estimate of drug-likeness (QED) is 0.349. The third-order valence-corrected chi connectivity index (χ3v) is 5.11. The summed E-state index contributed by atoms with van der Waals surface area (Å²) in [5, 5.41) is 15.5. The van der Waals surface area contributed by atoms with E-state index in [4.69, 9.17) is 14.2 Å². The van der Waals surface area contributed by atoms with E-state index in [1.807, 2.05) is 0 Å². The number of hydrogen-bond donors (Lipinski definition) is 1. The van der Waals surface area contributed by atoms with Crippen molar-refractivity contribution in [2.45, 2.75) is 13.0 Å². The third kappa shape index (κ3) is 4.46. The van der Waals surface area contributed by atoms with Crippen molar-refractivity contribution in [2.75, 3.05) is 12.1 Å². The van der Waals surface area contributed by atoms with Crippen molar-refractivity contribution in [2.24, 2.45) is 0 Å². The average molecular weight is 441 g/mol. The Morgan fingerprint density at radius 2 is 2.03 bits per heavy atom. The molecule has 4 rings (SSSR count). The van der Waals surface area contributed by atoms with Crippen LogP contribution in [0.4, 0.5) is 10.8 Å². The molecule has 1 N–H and O–H groups in total. The second-order valence-electron chi connectivity index (χ2n) is 6.45. The third-order valence-electron chi connectivity index (χ3n) is 4.35. The zero-order chi connectivity index (χ0) is 22.0. The molecule has 0 bridgehead atoms. The molecular weight excluding hydrogens is 426 g/mol. The van der Waals surface area contributed by atoms with Crippen molar-refractivity contribution in [1.29, 1.82) is 0 Å². The number of esters is 1. The van der Waals surface area contributed by atoms with Gasteiger partial charge in [-0.2, -0.15) is 0 Å². The summed E-state index contributed by atoms with van der Waals surface area (Å²) in [6.45, 7) is 1.52. The van der Waals surface area contributed by atoms with Gasteiger partial charge >= 0.3 is 5.97 Å². The van der Waals surface area contributed by atoms with Gasteiger partial charge in [-0.15, -0.1) is 11.3 Å². The number of rotatable bonds is 6. The number of ether oxygens (including phenoxy) is 3. The van der Waals surface area contributed by atoms with Gasteiger partial charge < -0.3 is 14.2 Å². The van der Waals surface area contributed by atoms with Gasteiger partial charge in [0.2, 0.25) is 6.79 Å². The van der Waals surface area contributed by atoms with Crippen LogP contribution in [0, 0.1) is 10.1 Å². The van der Waals surface area contributed by atoms with Crippen LogP contribution in [0.2, 0.25) is 0 Å². The van der Waals surface area contributed by atoms with Gasteiger partial charge in [-0.3, -0.25) is 20.2 Å². The van der Waals surface area contributed by atoms with Crippen LogP contribution < -0.4 is 14.8 Å². The van der Waals surface area contributed by atoms with E-state index in [1.165, 1.54) is 31.2 Å². The number of nitrogens with zero attached hydrogens (tertiary/aromatic N) is 2. The lowest BCUT2D eigenvalue weighted by Crippen LogP contribution is -2.29. The van der Waals surface area contributed by atoms with Gasteiger partial charge in [0, 0.05) is 23.1 Å². The number of aromatic nitrogens is 1. The molecule has 1 aromatic heterocycles. The Hall–Kier alpha value is -3.99. The molecule has 0 saturated heterocycles. The molecule has 31 heavy (non-hydrogen) atoms. The van der Waals surface area contributed by atoms with E-state index in [9.17, 15) is 19.7 Å². The largest absolute Gasteiger partial charge is 0.454 e. The standard InChI is InChI=1S/C20H15N3O7S/c1-11(30-19(25)13-5-6-16-17(8-13)29-10-28-16)18(24)22-20-21-15(9-31-20)12-3-2-4-14(7-12)23(26)27/h2-9,11H,10H2,1H3,(H,21,22,24)/t11-/m1/s1. The van der Waals surface area contributed by atoms with E-state index in [0.29, 0.717) is 22.8 Å². The maximum Gasteiger partial charge on any atom is 0.339 e. The Kier molecular flexibility index (Phi) is 5.50. The van der Waals surface area contributed by atoms with E-state index in [2.05, 4.69) is 10.3 Å². The van der Waals surface area contributed by atoms with Crippen LogP contribution in [-0.2, 0) is 9.53 Å². The van der Waals surface area contributed by atoms with Crippen LogP contribution in [0.1, 0.15) is 17.3 Å². The first-order valence-electron chi connectivity index (χ1n) is 9.02. The van der Waals surface area contributed by atoms with Gasteiger partial charge in [0.05, 0.1) is 16.2 Å². The summed E-state index contributed by atoms with van der Waals surface area (Å²) in [6.07, 6.45) is -1.08. The first-order chi connectivity index (χ1) is 14.9. The van der Waals surface area contributed by atoms with E-state index >= 15 is 0 Å². The SMILES string of the molecule is C[C@@H](OC(=O)c1ccc2c(c1)OCO2)C(=O)Nc1nc(-c2cccc([N+](=O)[O-])c2)cs1. The predicted octanol–water partition coefficient (Wildman–Crippen LogP) is 3.63. The summed E-state index contributed by atoms with van der Waals surface area (Å²) in [7, 11) is 0. The lowest BCUT2D eigenvalue weighted by Gasteiger charge is -2.12. The normalized spacial score (nSPS) is 12.8. The number of nitro benzene ring substituents is 1. The minimum atomic E-state index is -1.08. The monoisotopic (exact) mass is 441 g/mol. The number of carbonyl (C=O) groups is 2. The molecule has 10 nitrogen and oxygen atoms in total.